The van der Waals surface area contributed by atoms with Gasteiger partial charge >= 0.3 is 0 Å². The van der Waals surface area contributed by atoms with E-state index in [2.05, 4.69) is 21.1 Å². The molecule has 2 amide bonds. The summed E-state index contributed by atoms with van der Waals surface area (Å²) in [4.78, 5) is 24.7. The molecule has 162 valence electrons. The van der Waals surface area contributed by atoms with E-state index in [1.54, 1.807) is 12.1 Å². The number of hydrogen-bond donors (Lipinski definition) is 2. The third-order valence-electron chi connectivity index (χ3n) is 5.15. The van der Waals surface area contributed by atoms with E-state index in [-0.39, 0.29) is 11.8 Å². The first-order valence-corrected chi connectivity index (χ1v) is 10.3. The maximum absolute atomic E-state index is 12.3. The summed E-state index contributed by atoms with van der Waals surface area (Å²) in [7, 11) is 0. The number of rotatable bonds is 6. The number of nitrogens with one attached hydrogen (secondary N) is 2. The molecular weight excluding hydrogens is 400 g/mol. The van der Waals surface area contributed by atoms with Gasteiger partial charge in [0.25, 0.3) is 11.8 Å². The molecule has 0 aromatic heterocycles. The molecule has 6 heteroatoms. The van der Waals surface area contributed by atoms with E-state index in [1.165, 1.54) is 0 Å². The monoisotopic (exact) mass is 426 g/mol. The van der Waals surface area contributed by atoms with Crippen molar-refractivity contribution in [3.05, 3.63) is 106 Å². The van der Waals surface area contributed by atoms with Gasteiger partial charge in [0, 0.05) is 11.1 Å². The van der Waals surface area contributed by atoms with Gasteiger partial charge in [0.1, 0.15) is 0 Å². The van der Waals surface area contributed by atoms with Gasteiger partial charge in [-0.2, -0.15) is 10.2 Å². The normalized spacial score (nSPS) is 11.8. The Balaban J connectivity index is 1.64. The molecule has 0 saturated carbocycles. The Morgan fingerprint density at radius 2 is 0.938 bits per heavy atom. The fourth-order valence-electron chi connectivity index (χ4n) is 3.13. The maximum atomic E-state index is 12.3. The largest absolute Gasteiger partial charge is 0.271 e. The van der Waals surface area contributed by atoms with Crippen molar-refractivity contribution >= 4 is 23.2 Å². The zero-order valence-corrected chi connectivity index (χ0v) is 18.6. The minimum Gasteiger partial charge on any atom is -0.267 e. The van der Waals surface area contributed by atoms with Crippen LogP contribution in [-0.4, -0.2) is 23.2 Å². The lowest BCUT2D eigenvalue weighted by atomic mass is 10.1. The molecule has 0 aliphatic heterocycles. The Hall–Kier alpha value is -4.06. The van der Waals surface area contributed by atoms with Crippen LogP contribution in [0.2, 0.25) is 0 Å². The van der Waals surface area contributed by atoms with Gasteiger partial charge < -0.3 is 0 Å². The number of hydrazone groups is 2. The van der Waals surface area contributed by atoms with E-state index >= 15 is 0 Å². The van der Waals surface area contributed by atoms with Crippen LogP contribution in [0.5, 0.6) is 0 Å². The minimum atomic E-state index is -0.244. The lowest BCUT2D eigenvalue weighted by molar-refractivity contribution is 0.0946. The lowest BCUT2D eigenvalue weighted by Gasteiger charge is -2.07. The molecule has 0 saturated heterocycles. The molecule has 32 heavy (non-hydrogen) atoms. The number of carbonyl (C=O) groups excluding carboxylic acids is 2. The fraction of sp³-hybridized carbons (Fsp3) is 0.154. The van der Waals surface area contributed by atoms with Crippen molar-refractivity contribution in [3.63, 3.8) is 0 Å². The van der Waals surface area contributed by atoms with Gasteiger partial charge in [-0.25, -0.2) is 10.9 Å². The van der Waals surface area contributed by atoms with E-state index in [9.17, 15) is 9.59 Å². The summed E-state index contributed by atoms with van der Waals surface area (Å²) < 4.78 is 0. The Morgan fingerprint density at radius 3 is 1.28 bits per heavy atom. The van der Waals surface area contributed by atoms with E-state index in [1.807, 2.05) is 88.4 Å². The Bertz CT molecular complexity index is 1100. The highest BCUT2D eigenvalue weighted by Crippen LogP contribution is 2.10. The van der Waals surface area contributed by atoms with E-state index in [4.69, 9.17) is 0 Å². The van der Waals surface area contributed by atoms with Crippen LogP contribution in [0.1, 0.15) is 56.8 Å². The molecule has 3 aromatic carbocycles. The van der Waals surface area contributed by atoms with Crippen molar-refractivity contribution in [3.8, 4) is 0 Å². The first kappa shape index (κ1) is 22.6. The third-order valence-corrected chi connectivity index (χ3v) is 5.15. The lowest BCUT2D eigenvalue weighted by Crippen LogP contribution is -2.20. The van der Waals surface area contributed by atoms with Gasteiger partial charge in [-0.3, -0.25) is 9.59 Å². The molecule has 2 N–H and O–H groups in total. The van der Waals surface area contributed by atoms with Crippen LogP contribution in [0.25, 0.3) is 0 Å². The highest BCUT2D eigenvalue weighted by atomic mass is 16.2. The van der Waals surface area contributed by atoms with Crippen molar-refractivity contribution in [1.29, 1.82) is 0 Å². The second-order valence-electron chi connectivity index (χ2n) is 7.48. The number of carbonyl (C=O) groups is 2. The average molecular weight is 427 g/mol. The van der Waals surface area contributed by atoms with Crippen molar-refractivity contribution in [2.24, 2.45) is 10.2 Å². The number of amides is 2. The van der Waals surface area contributed by atoms with Crippen LogP contribution < -0.4 is 10.9 Å². The van der Waals surface area contributed by atoms with Gasteiger partial charge in [0.2, 0.25) is 0 Å². The summed E-state index contributed by atoms with van der Waals surface area (Å²) in [6, 6.07) is 22.3. The van der Waals surface area contributed by atoms with Crippen LogP contribution >= 0.6 is 0 Å². The van der Waals surface area contributed by atoms with Crippen molar-refractivity contribution in [2.45, 2.75) is 27.7 Å². The van der Waals surface area contributed by atoms with Crippen molar-refractivity contribution in [2.75, 3.05) is 0 Å². The van der Waals surface area contributed by atoms with Gasteiger partial charge in [-0.1, -0.05) is 60.7 Å². The molecule has 0 fully saturated rings. The first-order chi connectivity index (χ1) is 15.4. The highest BCUT2D eigenvalue weighted by molar-refractivity contribution is 6.04. The van der Waals surface area contributed by atoms with Gasteiger partial charge in [-0.05, 0) is 62.1 Å². The molecule has 0 heterocycles. The molecular formula is C26H26N4O2. The number of benzene rings is 3. The molecule has 6 nitrogen and oxygen atoms in total. The molecule has 0 atom stereocenters. The first-order valence-electron chi connectivity index (χ1n) is 10.3. The van der Waals surface area contributed by atoms with Crippen LogP contribution in [-0.2, 0) is 0 Å². The van der Waals surface area contributed by atoms with Crippen LogP contribution in [0.4, 0.5) is 0 Å². The molecule has 3 rings (SSSR count). The Kier molecular flexibility index (Phi) is 7.29. The van der Waals surface area contributed by atoms with Gasteiger partial charge in [0.05, 0.1) is 11.4 Å². The summed E-state index contributed by atoms with van der Waals surface area (Å²) in [6.45, 7) is 7.43. The predicted octanol–water partition coefficient (Wildman–Crippen LogP) is 4.61. The summed E-state index contributed by atoms with van der Waals surface area (Å²) in [5.41, 5.74) is 11.3. The van der Waals surface area contributed by atoms with E-state index in [0.29, 0.717) is 22.6 Å². The molecule has 0 spiro atoms. The van der Waals surface area contributed by atoms with E-state index < -0.39 is 0 Å². The second-order valence-corrected chi connectivity index (χ2v) is 7.48. The smallest absolute Gasteiger partial charge is 0.267 e. The van der Waals surface area contributed by atoms with Crippen LogP contribution in [0, 0.1) is 13.8 Å². The molecule has 0 unspecified atom stereocenters. The SMILES string of the molecule is C/C(=N/NC(=O)c1ccccc1C)c1ccc(/C(C)=N\NC(=O)c2ccccc2C)cc1. The highest BCUT2D eigenvalue weighted by Gasteiger charge is 2.09. The average Bonchev–Trinajstić information content (AvgIpc) is 2.81. The molecule has 0 aliphatic carbocycles. The van der Waals surface area contributed by atoms with Gasteiger partial charge in [-0.15, -0.1) is 0 Å². The van der Waals surface area contributed by atoms with Crippen molar-refractivity contribution < 1.29 is 9.59 Å². The maximum Gasteiger partial charge on any atom is 0.271 e. The predicted molar refractivity (Wildman–Crippen MR) is 128 cm³/mol. The summed E-state index contributed by atoms with van der Waals surface area (Å²) in [6.07, 6.45) is 0. The summed E-state index contributed by atoms with van der Waals surface area (Å²) in [5.74, 6) is -0.488. The summed E-state index contributed by atoms with van der Waals surface area (Å²) >= 11 is 0. The zero-order chi connectivity index (χ0) is 23.1. The second kappa shape index (κ2) is 10.3. The fourth-order valence-corrected chi connectivity index (χ4v) is 3.13. The third kappa shape index (κ3) is 5.55. The molecule has 3 aromatic rings. The number of hydrogen-bond acceptors (Lipinski definition) is 4. The van der Waals surface area contributed by atoms with Gasteiger partial charge in [0.15, 0.2) is 0 Å². The summed E-state index contributed by atoms with van der Waals surface area (Å²) in [5, 5.41) is 8.44. The Morgan fingerprint density at radius 1 is 0.594 bits per heavy atom. The van der Waals surface area contributed by atoms with Crippen molar-refractivity contribution in [1.82, 2.24) is 10.9 Å². The zero-order valence-electron chi connectivity index (χ0n) is 18.6. The minimum absolute atomic E-state index is 0.244. The molecule has 0 bridgehead atoms. The van der Waals surface area contributed by atoms with E-state index in [0.717, 1.165) is 22.3 Å². The number of nitrogens with zero attached hydrogens (tertiary/aromatic N) is 2. The van der Waals surface area contributed by atoms with Crippen LogP contribution in [0.15, 0.2) is 83.0 Å². The van der Waals surface area contributed by atoms with Crippen LogP contribution in [0.3, 0.4) is 0 Å². The molecule has 0 aliphatic rings. The standard InChI is InChI=1S/C26H26N4O2/c1-17-9-5-7-11-23(17)25(31)29-27-19(3)21-13-15-22(16-14-21)20(4)28-30-26(32)24-12-8-6-10-18(24)2/h5-16H,1-4H3,(H,29,31)(H,30,32)/b27-19-,28-20-. The number of aryl methyl sites for hydroxylation is 2. The quantitative estimate of drug-likeness (QED) is 0.446. The topological polar surface area (TPSA) is 82.9 Å². The molecule has 0 radical (unpaired) electrons. The Labute approximate surface area is 188 Å².